The number of halogens is 2. The lowest BCUT2D eigenvalue weighted by Gasteiger charge is -2.40. The summed E-state index contributed by atoms with van der Waals surface area (Å²) in [5.74, 6) is -0.388. The molecule has 21 heavy (non-hydrogen) atoms. The Labute approximate surface area is 128 Å². The van der Waals surface area contributed by atoms with Crippen molar-refractivity contribution in [2.24, 2.45) is 0 Å². The Kier molecular flexibility index (Phi) is 5.57. The first-order valence-electron chi connectivity index (χ1n) is 7.11. The molecule has 0 radical (unpaired) electrons. The van der Waals surface area contributed by atoms with Crippen LogP contribution >= 0.6 is 11.6 Å². The number of hydrogen-bond donors (Lipinski definition) is 3. The van der Waals surface area contributed by atoms with Crippen LogP contribution in [0.3, 0.4) is 0 Å². The van der Waals surface area contributed by atoms with Crippen LogP contribution in [-0.2, 0) is 6.42 Å². The molecule has 3 unspecified atom stereocenters. The third-order valence-electron chi connectivity index (χ3n) is 4.12. The van der Waals surface area contributed by atoms with E-state index in [-0.39, 0.29) is 16.9 Å². The number of aliphatic hydroxyl groups is 3. The predicted octanol–water partition coefficient (Wildman–Crippen LogP) is 1.20. The minimum Gasteiger partial charge on any atom is -0.389 e. The highest BCUT2D eigenvalue weighted by atomic mass is 35.5. The van der Waals surface area contributed by atoms with Gasteiger partial charge in [0.15, 0.2) is 0 Å². The number of likely N-dealkylation sites (tertiary alicyclic amines) is 1. The van der Waals surface area contributed by atoms with Crippen LogP contribution in [0.25, 0.3) is 0 Å². The van der Waals surface area contributed by atoms with Crippen molar-refractivity contribution in [3.05, 3.63) is 34.6 Å². The van der Waals surface area contributed by atoms with E-state index in [1.165, 1.54) is 6.07 Å². The van der Waals surface area contributed by atoms with Crippen LogP contribution in [0.15, 0.2) is 18.2 Å². The van der Waals surface area contributed by atoms with Crippen molar-refractivity contribution in [1.82, 2.24) is 4.90 Å². The molecule has 0 aliphatic carbocycles. The van der Waals surface area contributed by atoms with E-state index in [2.05, 4.69) is 0 Å². The molecule has 0 amide bonds. The van der Waals surface area contributed by atoms with Gasteiger partial charge in [-0.1, -0.05) is 23.7 Å². The molecule has 1 aromatic carbocycles. The Balaban J connectivity index is 1.93. The van der Waals surface area contributed by atoms with Crippen molar-refractivity contribution in [3.63, 3.8) is 0 Å². The second kappa shape index (κ2) is 7.03. The normalized spacial score (nSPS) is 28.6. The van der Waals surface area contributed by atoms with Crippen LogP contribution in [0.4, 0.5) is 4.39 Å². The first-order chi connectivity index (χ1) is 9.90. The van der Waals surface area contributed by atoms with E-state index in [1.807, 2.05) is 11.8 Å². The summed E-state index contributed by atoms with van der Waals surface area (Å²) in [6.07, 6.45) is -1.82. The molecule has 1 heterocycles. The summed E-state index contributed by atoms with van der Waals surface area (Å²) in [5, 5.41) is 29.1. The van der Waals surface area contributed by atoms with Crippen LogP contribution in [0, 0.1) is 5.82 Å². The van der Waals surface area contributed by atoms with E-state index < -0.39 is 18.3 Å². The number of hydrogen-bond acceptors (Lipinski definition) is 4. The van der Waals surface area contributed by atoms with Gasteiger partial charge in [-0.3, -0.25) is 4.90 Å². The van der Waals surface area contributed by atoms with Crippen molar-refractivity contribution in [2.45, 2.75) is 44.1 Å². The zero-order chi connectivity index (χ0) is 15.6. The van der Waals surface area contributed by atoms with Crippen molar-refractivity contribution in [2.75, 3.05) is 13.1 Å². The molecule has 0 spiro atoms. The molecule has 3 N–H and O–H groups in total. The van der Waals surface area contributed by atoms with E-state index in [0.717, 1.165) is 0 Å². The fourth-order valence-corrected chi connectivity index (χ4v) is 2.87. The zero-order valence-corrected chi connectivity index (χ0v) is 12.7. The SMILES string of the molecule is CC(CCc1cccc(Cl)c1F)N1CC(O)C(O)C(O)C1. The quantitative estimate of drug-likeness (QED) is 0.781. The molecule has 1 aromatic rings. The molecular weight excluding hydrogens is 297 g/mol. The van der Waals surface area contributed by atoms with Crippen molar-refractivity contribution >= 4 is 11.6 Å². The van der Waals surface area contributed by atoms with Gasteiger partial charge in [-0.2, -0.15) is 0 Å². The van der Waals surface area contributed by atoms with Gasteiger partial charge in [0.1, 0.15) is 11.9 Å². The number of aryl methyl sites for hydroxylation is 1. The average molecular weight is 318 g/mol. The molecule has 6 heteroatoms. The molecule has 0 aromatic heterocycles. The number of rotatable bonds is 4. The summed E-state index contributed by atoms with van der Waals surface area (Å²) < 4.78 is 13.8. The molecule has 1 aliphatic rings. The number of β-amino-alcohol motifs (C(OH)–C–C–N with tert-alkyl or cyclic N) is 2. The van der Waals surface area contributed by atoms with Crippen LogP contribution in [0.1, 0.15) is 18.9 Å². The molecule has 118 valence electrons. The summed E-state index contributed by atoms with van der Waals surface area (Å²) in [4.78, 5) is 1.91. The van der Waals surface area contributed by atoms with Crippen molar-refractivity contribution in [3.8, 4) is 0 Å². The summed E-state index contributed by atoms with van der Waals surface area (Å²) >= 11 is 5.75. The molecule has 1 fully saturated rings. The lowest BCUT2D eigenvalue weighted by molar-refractivity contribution is -0.117. The van der Waals surface area contributed by atoms with Gasteiger partial charge in [-0.15, -0.1) is 0 Å². The first kappa shape index (κ1) is 16.6. The van der Waals surface area contributed by atoms with Crippen molar-refractivity contribution in [1.29, 1.82) is 0 Å². The van der Waals surface area contributed by atoms with Gasteiger partial charge >= 0.3 is 0 Å². The van der Waals surface area contributed by atoms with E-state index in [0.29, 0.717) is 31.5 Å². The molecule has 4 nitrogen and oxygen atoms in total. The molecule has 3 atom stereocenters. The number of benzene rings is 1. The topological polar surface area (TPSA) is 63.9 Å². The fraction of sp³-hybridized carbons (Fsp3) is 0.600. The fourth-order valence-electron chi connectivity index (χ4n) is 2.68. The second-order valence-corrected chi connectivity index (χ2v) is 6.09. The highest BCUT2D eigenvalue weighted by molar-refractivity contribution is 6.30. The maximum Gasteiger partial charge on any atom is 0.144 e. The highest BCUT2D eigenvalue weighted by Crippen LogP contribution is 2.21. The maximum atomic E-state index is 13.8. The highest BCUT2D eigenvalue weighted by Gasteiger charge is 2.34. The summed E-state index contributed by atoms with van der Waals surface area (Å²) in [5.41, 5.74) is 0.562. The third-order valence-corrected chi connectivity index (χ3v) is 4.41. The summed E-state index contributed by atoms with van der Waals surface area (Å²) in [6.45, 7) is 2.56. The van der Waals surface area contributed by atoms with Crippen LogP contribution in [-0.4, -0.2) is 57.7 Å². The minimum atomic E-state index is -1.10. The summed E-state index contributed by atoms with van der Waals surface area (Å²) in [6, 6.07) is 5.00. The molecule has 0 bridgehead atoms. The van der Waals surface area contributed by atoms with E-state index >= 15 is 0 Å². The molecular formula is C15H21ClFNO3. The van der Waals surface area contributed by atoms with Gasteiger partial charge < -0.3 is 15.3 Å². The van der Waals surface area contributed by atoms with Gasteiger partial charge in [0.2, 0.25) is 0 Å². The molecule has 1 aliphatic heterocycles. The van der Waals surface area contributed by atoms with Crippen LogP contribution in [0.2, 0.25) is 5.02 Å². The Hall–Kier alpha value is -0.720. The number of nitrogens with zero attached hydrogens (tertiary/aromatic N) is 1. The Morgan fingerprint density at radius 2 is 1.90 bits per heavy atom. The van der Waals surface area contributed by atoms with E-state index in [1.54, 1.807) is 12.1 Å². The number of aliphatic hydroxyl groups excluding tert-OH is 3. The van der Waals surface area contributed by atoms with Gasteiger partial charge in [0.05, 0.1) is 17.2 Å². The number of piperidine rings is 1. The first-order valence-corrected chi connectivity index (χ1v) is 7.49. The second-order valence-electron chi connectivity index (χ2n) is 5.68. The molecule has 0 saturated carbocycles. The van der Waals surface area contributed by atoms with Crippen LogP contribution < -0.4 is 0 Å². The van der Waals surface area contributed by atoms with E-state index in [9.17, 15) is 19.7 Å². The van der Waals surface area contributed by atoms with Crippen LogP contribution in [0.5, 0.6) is 0 Å². The van der Waals surface area contributed by atoms with Gasteiger partial charge in [-0.05, 0) is 31.4 Å². The Bertz CT molecular complexity index is 476. The standard InChI is InChI=1S/C15H21ClFNO3/c1-9(18-7-12(19)15(21)13(20)8-18)5-6-10-3-2-4-11(16)14(10)17/h2-4,9,12-13,15,19-21H,5-8H2,1H3. The van der Waals surface area contributed by atoms with Crippen molar-refractivity contribution < 1.29 is 19.7 Å². The van der Waals surface area contributed by atoms with E-state index in [4.69, 9.17) is 11.6 Å². The third kappa shape index (κ3) is 3.93. The van der Waals surface area contributed by atoms with Gasteiger partial charge in [-0.25, -0.2) is 4.39 Å². The Morgan fingerprint density at radius 1 is 1.29 bits per heavy atom. The predicted molar refractivity (Wildman–Crippen MR) is 78.8 cm³/mol. The monoisotopic (exact) mass is 317 g/mol. The average Bonchev–Trinajstić information content (AvgIpc) is 2.45. The smallest absolute Gasteiger partial charge is 0.144 e. The maximum absolute atomic E-state index is 13.8. The minimum absolute atomic E-state index is 0.0557. The Morgan fingerprint density at radius 3 is 2.52 bits per heavy atom. The molecule has 2 rings (SSSR count). The lowest BCUT2D eigenvalue weighted by atomic mass is 9.98. The molecule has 1 saturated heterocycles. The van der Waals surface area contributed by atoms with Gasteiger partial charge in [0, 0.05) is 19.1 Å². The largest absolute Gasteiger partial charge is 0.389 e. The zero-order valence-electron chi connectivity index (χ0n) is 11.9. The lowest BCUT2D eigenvalue weighted by Crippen LogP contribution is -2.57. The summed E-state index contributed by atoms with van der Waals surface area (Å²) in [7, 11) is 0. The van der Waals surface area contributed by atoms with Gasteiger partial charge in [0.25, 0.3) is 0 Å².